The first kappa shape index (κ1) is 11.5. The minimum atomic E-state index is -0.553. The minimum absolute atomic E-state index is 0.459. The van der Waals surface area contributed by atoms with Gasteiger partial charge in [-0.3, -0.25) is 0 Å². The van der Waals surface area contributed by atoms with Crippen LogP contribution >= 0.6 is 15.9 Å². The summed E-state index contributed by atoms with van der Waals surface area (Å²) in [7, 11) is 1.58. The Hall–Kier alpha value is -0.580. The van der Waals surface area contributed by atoms with Crippen molar-refractivity contribution in [2.45, 2.75) is 12.5 Å². The van der Waals surface area contributed by atoms with Crippen molar-refractivity contribution in [2.75, 3.05) is 13.7 Å². The van der Waals surface area contributed by atoms with Crippen LogP contribution in [0.15, 0.2) is 22.7 Å². The van der Waals surface area contributed by atoms with Crippen molar-refractivity contribution < 1.29 is 9.84 Å². The number of aliphatic hydroxyl groups is 1. The Bertz CT molecular complexity index is 304. The number of rotatable bonds is 4. The van der Waals surface area contributed by atoms with Crippen molar-refractivity contribution >= 4 is 15.9 Å². The molecule has 0 spiro atoms. The molecule has 0 amide bonds. The van der Waals surface area contributed by atoms with Crippen LogP contribution in [-0.2, 0) is 0 Å². The highest BCUT2D eigenvalue weighted by molar-refractivity contribution is 9.10. The van der Waals surface area contributed by atoms with Gasteiger partial charge in [0.15, 0.2) is 0 Å². The number of halogens is 1. The molecule has 1 aromatic carbocycles. The first-order valence-corrected chi connectivity index (χ1v) is 5.20. The molecule has 0 bridgehead atoms. The average molecular weight is 260 g/mol. The molecule has 0 aliphatic heterocycles. The zero-order valence-electron chi connectivity index (χ0n) is 8.03. The maximum Gasteiger partial charge on any atom is 0.125 e. The van der Waals surface area contributed by atoms with Gasteiger partial charge in [-0.25, -0.2) is 0 Å². The number of nitrogens with two attached hydrogens (primary N) is 1. The Morgan fingerprint density at radius 2 is 2.29 bits per heavy atom. The zero-order chi connectivity index (χ0) is 10.6. The number of aliphatic hydroxyl groups excluding tert-OH is 1. The second-order valence-corrected chi connectivity index (χ2v) is 3.90. The van der Waals surface area contributed by atoms with Gasteiger partial charge < -0.3 is 15.6 Å². The van der Waals surface area contributed by atoms with Crippen LogP contribution in [0.1, 0.15) is 18.1 Å². The molecule has 3 N–H and O–H groups in total. The molecule has 0 saturated carbocycles. The first-order valence-electron chi connectivity index (χ1n) is 4.40. The smallest absolute Gasteiger partial charge is 0.125 e. The summed E-state index contributed by atoms with van der Waals surface area (Å²) in [5.41, 5.74) is 6.16. The summed E-state index contributed by atoms with van der Waals surface area (Å²) in [6.07, 6.45) is -0.0131. The molecule has 4 heteroatoms. The van der Waals surface area contributed by atoms with Crippen molar-refractivity contribution in [1.29, 1.82) is 0 Å². The van der Waals surface area contributed by atoms with Gasteiger partial charge in [0.2, 0.25) is 0 Å². The van der Waals surface area contributed by atoms with E-state index in [0.29, 0.717) is 18.7 Å². The standard InChI is InChI=1S/C10H14BrNO2/c1-14-10-6-7(11)2-3-8(10)9(13)4-5-12/h2-3,6,9,13H,4-5,12H2,1H3/t9-/m0/s1. The minimum Gasteiger partial charge on any atom is -0.496 e. The fourth-order valence-corrected chi connectivity index (χ4v) is 1.61. The third-order valence-electron chi connectivity index (χ3n) is 1.99. The highest BCUT2D eigenvalue weighted by Gasteiger charge is 2.12. The molecule has 0 radical (unpaired) electrons. The predicted molar refractivity (Wildman–Crippen MR) is 59.3 cm³/mol. The van der Waals surface area contributed by atoms with Crippen LogP contribution in [0.2, 0.25) is 0 Å². The van der Waals surface area contributed by atoms with E-state index >= 15 is 0 Å². The summed E-state index contributed by atoms with van der Waals surface area (Å²) in [6, 6.07) is 5.54. The van der Waals surface area contributed by atoms with Crippen LogP contribution in [0.5, 0.6) is 5.75 Å². The summed E-state index contributed by atoms with van der Waals surface area (Å²) in [5.74, 6) is 0.681. The van der Waals surface area contributed by atoms with Crippen molar-refractivity contribution in [3.63, 3.8) is 0 Å². The highest BCUT2D eigenvalue weighted by atomic mass is 79.9. The quantitative estimate of drug-likeness (QED) is 0.868. The third-order valence-corrected chi connectivity index (χ3v) is 2.49. The fourth-order valence-electron chi connectivity index (χ4n) is 1.27. The molecule has 3 nitrogen and oxygen atoms in total. The second-order valence-electron chi connectivity index (χ2n) is 2.98. The molecule has 0 fully saturated rings. The van der Waals surface area contributed by atoms with Gasteiger partial charge in [-0.1, -0.05) is 22.0 Å². The maximum atomic E-state index is 9.75. The normalized spacial score (nSPS) is 12.6. The van der Waals surface area contributed by atoms with Crippen LogP contribution in [0.25, 0.3) is 0 Å². The molecule has 0 unspecified atom stereocenters. The number of hydrogen-bond donors (Lipinski definition) is 2. The van der Waals surface area contributed by atoms with Crippen LogP contribution < -0.4 is 10.5 Å². The Kier molecular flexibility index (Phi) is 4.38. The largest absolute Gasteiger partial charge is 0.496 e. The first-order chi connectivity index (χ1) is 6.69. The number of ether oxygens (including phenoxy) is 1. The van der Waals surface area contributed by atoms with Gasteiger partial charge in [0, 0.05) is 10.0 Å². The van der Waals surface area contributed by atoms with Gasteiger partial charge in [0.25, 0.3) is 0 Å². The number of benzene rings is 1. The molecular formula is C10H14BrNO2. The van der Waals surface area contributed by atoms with Crippen molar-refractivity contribution in [1.82, 2.24) is 0 Å². The van der Waals surface area contributed by atoms with Gasteiger partial charge in [-0.2, -0.15) is 0 Å². The van der Waals surface area contributed by atoms with Gasteiger partial charge in [-0.15, -0.1) is 0 Å². The molecule has 1 atom stereocenters. The molecular weight excluding hydrogens is 246 g/mol. The summed E-state index contributed by atoms with van der Waals surface area (Å²) in [6.45, 7) is 0.459. The SMILES string of the molecule is COc1cc(Br)ccc1[C@@H](O)CCN. The van der Waals surface area contributed by atoms with E-state index in [-0.39, 0.29) is 0 Å². The van der Waals surface area contributed by atoms with Gasteiger partial charge in [0.05, 0.1) is 13.2 Å². The Morgan fingerprint density at radius 3 is 2.86 bits per heavy atom. The average Bonchev–Trinajstić information content (AvgIpc) is 2.17. The van der Waals surface area contributed by atoms with Crippen LogP contribution in [0, 0.1) is 0 Å². The second kappa shape index (κ2) is 5.34. The lowest BCUT2D eigenvalue weighted by Gasteiger charge is -2.14. The lowest BCUT2D eigenvalue weighted by Crippen LogP contribution is -2.07. The Balaban J connectivity index is 2.95. The van der Waals surface area contributed by atoms with E-state index in [4.69, 9.17) is 10.5 Å². The van der Waals surface area contributed by atoms with E-state index in [2.05, 4.69) is 15.9 Å². The van der Waals surface area contributed by atoms with Crippen molar-refractivity contribution in [2.24, 2.45) is 5.73 Å². The summed E-state index contributed by atoms with van der Waals surface area (Å²) in [4.78, 5) is 0. The van der Waals surface area contributed by atoms with E-state index in [9.17, 15) is 5.11 Å². The number of hydrogen-bond acceptors (Lipinski definition) is 3. The molecule has 0 aromatic heterocycles. The molecule has 0 aliphatic rings. The molecule has 0 heterocycles. The highest BCUT2D eigenvalue weighted by Crippen LogP contribution is 2.29. The summed E-state index contributed by atoms with van der Waals surface area (Å²) >= 11 is 3.34. The van der Waals surface area contributed by atoms with E-state index < -0.39 is 6.10 Å². The molecule has 0 saturated heterocycles. The van der Waals surface area contributed by atoms with E-state index in [0.717, 1.165) is 10.0 Å². The Morgan fingerprint density at radius 1 is 1.57 bits per heavy atom. The molecule has 78 valence electrons. The molecule has 14 heavy (non-hydrogen) atoms. The van der Waals surface area contributed by atoms with Crippen LogP contribution in [0.3, 0.4) is 0 Å². The lowest BCUT2D eigenvalue weighted by atomic mass is 10.1. The topological polar surface area (TPSA) is 55.5 Å². The number of methoxy groups -OCH3 is 1. The van der Waals surface area contributed by atoms with Gasteiger partial charge in [-0.05, 0) is 25.1 Å². The maximum absolute atomic E-state index is 9.75. The van der Waals surface area contributed by atoms with Crippen molar-refractivity contribution in [3.05, 3.63) is 28.2 Å². The van der Waals surface area contributed by atoms with Crippen LogP contribution in [0.4, 0.5) is 0 Å². The van der Waals surface area contributed by atoms with Crippen molar-refractivity contribution in [3.8, 4) is 5.75 Å². The van der Waals surface area contributed by atoms with Crippen LogP contribution in [-0.4, -0.2) is 18.8 Å². The van der Waals surface area contributed by atoms with Gasteiger partial charge >= 0.3 is 0 Å². The van der Waals surface area contributed by atoms with Gasteiger partial charge in [0.1, 0.15) is 5.75 Å². The Labute approximate surface area is 92.0 Å². The van der Waals surface area contributed by atoms with E-state index in [1.807, 2.05) is 18.2 Å². The third kappa shape index (κ3) is 2.70. The summed E-state index contributed by atoms with van der Waals surface area (Å²) in [5, 5.41) is 9.75. The monoisotopic (exact) mass is 259 g/mol. The van der Waals surface area contributed by atoms with E-state index in [1.165, 1.54) is 0 Å². The fraction of sp³-hybridized carbons (Fsp3) is 0.400. The van der Waals surface area contributed by atoms with E-state index in [1.54, 1.807) is 7.11 Å². The molecule has 1 aromatic rings. The predicted octanol–water partition coefficient (Wildman–Crippen LogP) is 1.84. The zero-order valence-corrected chi connectivity index (χ0v) is 9.62. The summed E-state index contributed by atoms with van der Waals surface area (Å²) < 4.78 is 6.09. The molecule has 0 aliphatic carbocycles. The lowest BCUT2D eigenvalue weighted by molar-refractivity contribution is 0.166. The molecule has 1 rings (SSSR count).